The molecule has 8 heteroatoms. The second-order valence-electron chi connectivity index (χ2n) is 5.46. The SMILES string of the molecule is C[C@H]1O[C@@H](n2cc(F)c(N)nc2=O)C2OC(C)(C)O[C@H]21. The average Bonchev–Trinajstić information content (AvgIpc) is 2.80. The van der Waals surface area contributed by atoms with Crippen LogP contribution in [0.3, 0.4) is 0 Å². The van der Waals surface area contributed by atoms with E-state index in [1.807, 2.05) is 6.92 Å². The highest BCUT2D eigenvalue weighted by atomic mass is 19.1. The van der Waals surface area contributed by atoms with Crippen molar-refractivity contribution in [1.29, 1.82) is 0 Å². The van der Waals surface area contributed by atoms with Gasteiger partial charge in [0.2, 0.25) is 0 Å². The number of hydrogen-bond acceptors (Lipinski definition) is 6. The fourth-order valence-electron chi connectivity index (χ4n) is 2.64. The second kappa shape index (κ2) is 4.24. The first-order chi connectivity index (χ1) is 9.28. The molecule has 1 aromatic heterocycles. The molecule has 110 valence electrons. The Morgan fingerprint density at radius 1 is 1.40 bits per heavy atom. The third kappa shape index (κ3) is 2.00. The van der Waals surface area contributed by atoms with Crippen LogP contribution in [-0.2, 0) is 14.2 Å². The fraction of sp³-hybridized carbons (Fsp3) is 0.667. The summed E-state index contributed by atoms with van der Waals surface area (Å²) < 4.78 is 31.7. The van der Waals surface area contributed by atoms with Crippen molar-refractivity contribution in [3.8, 4) is 0 Å². The number of nitrogens with two attached hydrogens (primary N) is 1. The van der Waals surface area contributed by atoms with Crippen LogP contribution in [-0.4, -0.2) is 33.7 Å². The zero-order valence-corrected chi connectivity index (χ0v) is 11.4. The minimum Gasteiger partial charge on any atom is -0.381 e. The molecule has 0 amide bonds. The molecule has 7 nitrogen and oxygen atoms in total. The number of fused-ring (bicyclic) bond motifs is 1. The number of nitrogen functional groups attached to an aromatic ring is 1. The Labute approximate surface area is 114 Å². The van der Waals surface area contributed by atoms with Crippen molar-refractivity contribution >= 4 is 5.82 Å². The van der Waals surface area contributed by atoms with E-state index in [2.05, 4.69) is 4.98 Å². The van der Waals surface area contributed by atoms with Gasteiger partial charge < -0.3 is 19.9 Å². The largest absolute Gasteiger partial charge is 0.381 e. The predicted octanol–water partition coefficient (Wildman–Crippen LogP) is 0.402. The number of ether oxygens (including phenoxy) is 3. The van der Waals surface area contributed by atoms with E-state index in [9.17, 15) is 9.18 Å². The maximum atomic E-state index is 13.5. The molecule has 0 spiro atoms. The summed E-state index contributed by atoms with van der Waals surface area (Å²) in [6.07, 6.45) is -0.893. The van der Waals surface area contributed by atoms with Crippen LogP contribution < -0.4 is 11.4 Å². The van der Waals surface area contributed by atoms with Gasteiger partial charge in [0, 0.05) is 0 Å². The molecule has 1 aromatic rings. The highest BCUT2D eigenvalue weighted by molar-refractivity contribution is 5.26. The van der Waals surface area contributed by atoms with Crippen molar-refractivity contribution in [3.63, 3.8) is 0 Å². The molecule has 0 aromatic carbocycles. The summed E-state index contributed by atoms with van der Waals surface area (Å²) in [6, 6.07) is 0. The molecule has 2 fully saturated rings. The summed E-state index contributed by atoms with van der Waals surface area (Å²) in [5.74, 6) is -1.98. The molecule has 2 N–H and O–H groups in total. The quantitative estimate of drug-likeness (QED) is 0.803. The van der Waals surface area contributed by atoms with Crippen molar-refractivity contribution in [2.45, 2.75) is 51.1 Å². The first-order valence-electron chi connectivity index (χ1n) is 6.34. The molecule has 20 heavy (non-hydrogen) atoms. The third-order valence-corrected chi connectivity index (χ3v) is 3.47. The monoisotopic (exact) mass is 285 g/mol. The van der Waals surface area contributed by atoms with E-state index in [1.54, 1.807) is 13.8 Å². The topological polar surface area (TPSA) is 88.6 Å². The van der Waals surface area contributed by atoms with Gasteiger partial charge in [-0.15, -0.1) is 0 Å². The summed E-state index contributed by atoms with van der Waals surface area (Å²) in [5, 5.41) is 0. The Morgan fingerprint density at radius 3 is 2.75 bits per heavy atom. The van der Waals surface area contributed by atoms with Crippen LogP contribution in [0.1, 0.15) is 27.0 Å². The zero-order valence-electron chi connectivity index (χ0n) is 11.4. The molecule has 0 radical (unpaired) electrons. The summed E-state index contributed by atoms with van der Waals surface area (Å²) in [5.41, 5.74) is 4.58. The minimum absolute atomic E-state index is 0.278. The molecule has 0 saturated carbocycles. The molecular formula is C12H16FN3O4. The first kappa shape index (κ1) is 13.5. The molecule has 2 saturated heterocycles. The Morgan fingerprint density at radius 2 is 2.05 bits per heavy atom. The zero-order chi connectivity index (χ0) is 14.7. The van der Waals surface area contributed by atoms with Crippen LogP contribution in [0.25, 0.3) is 0 Å². The van der Waals surface area contributed by atoms with Gasteiger partial charge in [0.15, 0.2) is 23.7 Å². The Balaban J connectivity index is 1.99. The lowest BCUT2D eigenvalue weighted by Gasteiger charge is -2.23. The predicted molar refractivity (Wildman–Crippen MR) is 66.3 cm³/mol. The molecule has 2 aliphatic rings. The summed E-state index contributed by atoms with van der Waals surface area (Å²) >= 11 is 0. The van der Waals surface area contributed by atoms with Crippen LogP contribution in [0.4, 0.5) is 10.2 Å². The van der Waals surface area contributed by atoms with E-state index < -0.39 is 35.4 Å². The summed E-state index contributed by atoms with van der Waals surface area (Å²) in [6.45, 7) is 5.37. The highest BCUT2D eigenvalue weighted by Crippen LogP contribution is 2.42. The van der Waals surface area contributed by atoms with Gasteiger partial charge in [0.05, 0.1) is 12.3 Å². The molecule has 3 rings (SSSR count). The summed E-state index contributed by atoms with van der Waals surface area (Å²) in [7, 11) is 0. The van der Waals surface area contributed by atoms with Gasteiger partial charge in [-0.25, -0.2) is 9.18 Å². The number of anilines is 1. The lowest BCUT2D eigenvalue weighted by atomic mass is 10.1. The molecule has 0 aliphatic carbocycles. The van der Waals surface area contributed by atoms with Crippen molar-refractivity contribution in [3.05, 3.63) is 22.5 Å². The van der Waals surface area contributed by atoms with E-state index in [0.717, 1.165) is 10.8 Å². The van der Waals surface area contributed by atoms with Crippen LogP contribution in [0.2, 0.25) is 0 Å². The molecule has 0 bridgehead atoms. The highest BCUT2D eigenvalue weighted by Gasteiger charge is 2.54. The molecule has 3 heterocycles. The molecule has 4 atom stereocenters. The molecule has 2 aliphatic heterocycles. The van der Waals surface area contributed by atoms with E-state index >= 15 is 0 Å². The molecular weight excluding hydrogens is 269 g/mol. The van der Waals surface area contributed by atoms with Crippen LogP contribution in [0.5, 0.6) is 0 Å². The van der Waals surface area contributed by atoms with Crippen molar-refractivity contribution in [1.82, 2.24) is 9.55 Å². The number of halogens is 1. The number of nitrogens with zero attached hydrogens (tertiary/aromatic N) is 2. The van der Waals surface area contributed by atoms with Crippen LogP contribution in [0.15, 0.2) is 11.0 Å². The average molecular weight is 285 g/mol. The fourth-order valence-corrected chi connectivity index (χ4v) is 2.64. The van der Waals surface area contributed by atoms with Gasteiger partial charge in [-0.1, -0.05) is 0 Å². The smallest absolute Gasteiger partial charge is 0.351 e. The van der Waals surface area contributed by atoms with E-state index in [-0.39, 0.29) is 12.2 Å². The van der Waals surface area contributed by atoms with E-state index in [4.69, 9.17) is 19.9 Å². The first-order valence-corrected chi connectivity index (χ1v) is 6.34. The van der Waals surface area contributed by atoms with Crippen molar-refractivity contribution in [2.75, 3.05) is 5.73 Å². The van der Waals surface area contributed by atoms with Crippen LogP contribution >= 0.6 is 0 Å². The summed E-state index contributed by atoms with van der Waals surface area (Å²) in [4.78, 5) is 15.3. The third-order valence-electron chi connectivity index (χ3n) is 3.47. The van der Waals surface area contributed by atoms with Gasteiger partial charge in [0.25, 0.3) is 0 Å². The lowest BCUT2D eigenvalue weighted by Crippen LogP contribution is -2.35. The van der Waals surface area contributed by atoms with Gasteiger partial charge >= 0.3 is 5.69 Å². The maximum absolute atomic E-state index is 13.5. The maximum Gasteiger partial charge on any atom is 0.351 e. The molecule has 1 unspecified atom stereocenters. The van der Waals surface area contributed by atoms with E-state index in [1.165, 1.54) is 0 Å². The van der Waals surface area contributed by atoms with Gasteiger partial charge in [-0.2, -0.15) is 4.98 Å². The lowest BCUT2D eigenvalue weighted by molar-refractivity contribution is -0.195. The Kier molecular flexibility index (Phi) is 2.86. The Hall–Kier alpha value is -1.51. The number of aromatic nitrogens is 2. The van der Waals surface area contributed by atoms with Gasteiger partial charge in [-0.3, -0.25) is 4.57 Å². The number of rotatable bonds is 1. The van der Waals surface area contributed by atoms with Gasteiger partial charge in [0.1, 0.15) is 12.2 Å². The van der Waals surface area contributed by atoms with Crippen LogP contribution in [0, 0.1) is 5.82 Å². The normalized spacial score (nSPS) is 35.2. The Bertz CT molecular complexity index is 603. The number of hydrogen-bond donors (Lipinski definition) is 1. The van der Waals surface area contributed by atoms with Gasteiger partial charge in [-0.05, 0) is 20.8 Å². The van der Waals surface area contributed by atoms with Crippen molar-refractivity contribution in [2.24, 2.45) is 0 Å². The van der Waals surface area contributed by atoms with Crippen molar-refractivity contribution < 1.29 is 18.6 Å². The minimum atomic E-state index is -0.785. The second-order valence-corrected chi connectivity index (χ2v) is 5.46. The standard InChI is InChI=1S/C12H16FN3O4/c1-5-7-8(20-12(2,3)19-7)10(18-5)16-4-6(13)9(14)15-11(16)17/h4-5,7-8,10H,1-3H3,(H2,14,15,17)/t5-,7+,8?,10-/m1/s1. The van der Waals surface area contributed by atoms with E-state index in [0.29, 0.717) is 0 Å².